The molecule has 1 saturated carbocycles. The van der Waals surface area contributed by atoms with E-state index in [9.17, 15) is 22.8 Å². The summed E-state index contributed by atoms with van der Waals surface area (Å²) in [5, 5.41) is 3.83. The molecule has 10 nitrogen and oxygen atoms in total. The number of nitrogens with zero attached hydrogens (tertiary/aromatic N) is 1. The van der Waals surface area contributed by atoms with Crippen LogP contribution in [0.3, 0.4) is 0 Å². The second-order valence-electron chi connectivity index (χ2n) is 8.20. The van der Waals surface area contributed by atoms with Gasteiger partial charge in [0.05, 0.1) is 41.9 Å². The van der Waals surface area contributed by atoms with Gasteiger partial charge in [0.1, 0.15) is 11.6 Å². The number of sulfone groups is 1. The van der Waals surface area contributed by atoms with E-state index < -0.39 is 44.6 Å². The fourth-order valence-electron chi connectivity index (χ4n) is 4.01. The van der Waals surface area contributed by atoms with Crippen LogP contribution >= 0.6 is 11.3 Å². The minimum Gasteiger partial charge on any atom is -0.493 e. The molecule has 3 amide bonds. The lowest BCUT2D eigenvalue weighted by atomic mass is 10.1. The third kappa shape index (κ3) is 4.91. The van der Waals surface area contributed by atoms with Gasteiger partial charge in [-0.1, -0.05) is 6.07 Å². The monoisotopic (exact) mass is 522 g/mol. The van der Waals surface area contributed by atoms with E-state index in [-0.39, 0.29) is 22.7 Å². The third-order valence-electron chi connectivity index (χ3n) is 5.81. The Labute approximate surface area is 207 Å². The van der Waals surface area contributed by atoms with Gasteiger partial charge in [-0.25, -0.2) is 8.42 Å². The van der Waals surface area contributed by atoms with Crippen molar-refractivity contribution in [3.8, 4) is 11.5 Å². The van der Waals surface area contributed by atoms with Crippen molar-refractivity contribution in [2.24, 2.45) is 0 Å². The van der Waals surface area contributed by atoms with Gasteiger partial charge >= 0.3 is 0 Å². The van der Waals surface area contributed by atoms with Crippen molar-refractivity contribution < 1.29 is 37.0 Å². The third-order valence-corrected chi connectivity index (χ3v) is 8.97. The van der Waals surface area contributed by atoms with E-state index in [1.165, 1.54) is 19.6 Å². The molecule has 1 N–H and O–H groups in total. The molecule has 12 heteroatoms. The van der Waals surface area contributed by atoms with Crippen molar-refractivity contribution in [1.29, 1.82) is 0 Å². The number of hydrogen-bond acceptors (Lipinski definition) is 9. The van der Waals surface area contributed by atoms with Gasteiger partial charge in [0, 0.05) is 12.5 Å². The van der Waals surface area contributed by atoms with Crippen LogP contribution in [0.1, 0.15) is 52.1 Å². The fourth-order valence-corrected chi connectivity index (χ4v) is 6.86. The molecule has 1 aliphatic carbocycles. The van der Waals surface area contributed by atoms with Gasteiger partial charge in [0.25, 0.3) is 17.7 Å². The van der Waals surface area contributed by atoms with Crippen LogP contribution < -0.4 is 14.8 Å². The zero-order valence-electron chi connectivity index (χ0n) is 19.5. The first-order valence-corrected chi connectivity index (χ1v) is 13.6. The highest BCUT2D eigenvalue weighted by atomic mass is 32.2. The molecule has 0 radical (unpaired) electrons. The second-order valence-corrected chi connectivity index (χ2v) is 11.4. The number of ether oxygens (including phenoxy) is 3. The summed E-state index contributed by atoms with van der Waals surface area (Å²) in [5.41, 5.74) is 0.607. The standard InChI is InChI=1S/C23H26N2O8S2/c1-4-33-18-9-13(5-8-17(18)32-3)16(12-35(29,30)14-6-7-14)25-22(27)15-11-34-21(20(15)23(25)28)24-19(26)10-31-2/h5,8-9,11,14,16H,4,6-7,10,12H2,1-3H3,(H,24,26)/t16-/m1/s1. The van der Waals surface area contributed by atoms with Crippen LogP contribution in [0.2, 0.25) is 0 Å². The molecule has 0 spiro atoms. The van der Waals surface area contributed by atoms with Gasteiger partial charge in [-0.15, -0.1) is 11.3 Å². The lowest BCUT2D eigenvalue weighted by molar-refractivity contribution is -0.119. The van der Waals surface area contributed by atoms with Crippen LogP contribution in [0.15, 0.2) is 23.6 Å². The van der Waals surface area contributed by atoms with Gasteiger partial charge in [-0.05, 0) is 37.5 Å². The van der Waals surface area contributed by atoms with Crippen LogP contribution in [-0.4, -0.2) is 69.5 Å². The maximum atomic E-state index is 13.5. The molecule has 1 aliphatic heterocycles. The number of anilines is 1. The topological polar surface area (TPSA) is 128 Å². The Bertz CT molecular complexity index is 1270. The van der Waals surface area contributed by atoms with Crippen molar-refractivity contribution in [2.75, 3.05) is 38.5 Å². The lowest BCUT2D eigenvalue weighted by Gasteiger charge is -2.27. The van der Waals surface area contributed by atoms with E-state index in [4.69, 9.17) is 14.2 Å². The normalized spacial score (nSPS) is 16.3. The Balaban J connectivity index is 1.74. The van der Waals surface area contributed by atoms with Crippen molar-refractivity contribution in [3.63, 3.8) is 0 Å². The molecule has 2 aliphatic rings. The van der Waals surface area contributed by atoms with E-state index >= 15 is 0 Å². The first-order valence-electron chi connectivity index (χ1n) is 11.0. The number of methoxy groups -OCH3 is 2. The maximum Gasteiger partial charge on any atom is 0.265 e. The van der Waals surface area contributed by atoms with E-state index in [1.807, 2.05) is 0 Å². The van der Waals surface area contributed by atoms with Crippen molar-refractivity contribution >= 4 is 43.9 Å². The highest BCUT2D eigenvalue weighted by Crippen LogP contribution is 2.42. The quantitative estimate of drug-likeness (QED) is 0.446. The minimum atomic E-state index is -3.57. The number of rotatable bonds is 11. The molecule has 188 valence electrons. The number of benzene rings is 1. The maximum absolute atomic E-state index is 13.5. The molecule has 4 rings (SSSR count). The van der Waals surface area contributed by atoms with Gasteiger partial charge < -0.3 is 19.5 Å². The van der Waals surface area contributed by atoms with Crippen LogP contribution in [0.5, 0.6) is 11.5 Å². The van der Waals surface area contributed by atoms with Crippen LogP contribution in [0.4, 0.5) is 5.00 Å². The largest absolute Gasteiger partial charge is 0.493 e. The Kier molecular flexibility index (Phi) is 7.15. The number of imide groups is 1. The average molecular weight is 523 g/mol. The number of carbonyl (C=O) groups is 3. The fraction of sp³-hybridized carbons (Fsp3) is 0.435. The summed E-state index contributed by atoms with van der Waals surface area (Å²) in [7, 11) is -0.719. The second kappa shape index (κ2) is 9.96. The van der Waals surface area contributed by atoms with Crippen LogP contribution in [0.25, 0.3) is 0 Å². The molecule has 1 fully saturated rings. The first kappa shape index (κ1) is 25.1. The van der Waals surface area contributed by atoms with E-state index in [1.54, 1.807) is 25.1 Å². The highest BCUT2D eigenvalue weighted by Gasteiger charge is 2.47. The highest BCUT2D eigenvalue weighted by molar-refractivity contribution is 7.92. The predicted molar refractivity (Wildman–Crippen MR) is 129 cm³/mol. The number of hydrogen-bond donors (Lipinski definition) is 1. The Morgan fingerprint density at radius 3 is 2.57 bits per heavy atom. The molecule has 0 unspecified atom stereocenters. The van der Waals surface area contributed by atoms with E-state index in [0.29, 0.717) is 36.5 Å². The van der Waals surface area contributed by atoms with Crippen molar-refractivity contribution in [1.82, 2.24) is 4.90 Å². The molecule has 2 aromatic rings. The minimum absolute atomic E-state index is 0.0526. The van der Waals surface area contributed by atoms with Gasteiger partial charge in [0.2, 0.25) is 0 Å². The Hall–Kier alpha value is -2.96. The molecule has 1 aromatic carbocycles. The summed E-state index contributed by atoms with van der Waals surface area (Å²) < 4.78 is 41.8. The summed E-state index contributed by atoms with van der Waals surface area (Å²) in [6.07, 6.45) is 1.12. The summed E-state index contributed by atoms with van der Waals surface area (Å²) in [5.74, 6) is -1.34. The zero-order valence-corrected chi connectivity index (χ0v) is 21.2. The molecule has 1 atom stereocenters. The first-order chi connectivity index (χ1) is 16.7. The summed E-state index contributed by atoms with van der Waals surface area (Å²) in [6, 6.07) is 3.77. The van der Waals surface area contributed by atoms with Gasteiger partial charge in [0.15, 0.2) is 21.3 Å². The molecule has 0 bridgehead atoms. The van der Waals surface area contributed by atoms with E-state index in [0.717, 1.165) is 16.2 Å². The molecule has 35 heavy (non-hydrogen) atoms. The van der Waals surface area contributed by atoms with Crippen LogP contribution in [-0.2, 0) is 19.4 Å². The summed E-state index contributed by atoms with van der Waals surface area (Å²) in [6.45, 7) is 1.92. The Morgan fingerprint density at radius 1 is 1.20 bits per heavy atom. The van der Waals surface area contributed by atoms with E-state index in [2.05, 4.69) is 5.32 Å². The molecule has 0 saturated heterocycles. The lowest BCUT2D eigenvalue weighted by Crippen LogP contribution is -2.38. The average Bonchev–Trinajstić information content (AvgIpc) is 3.56. The Morgan fingerprint density at radius 2 is 1.94 bits per heavy atom. The van der Waals surface area contributed by atoms with Crippen molar-refractivity contribution in [2.45, 2.75) is 31.1 Å². The van der Waals surface area contributed by atoms with Crippen molar-refractivity contribution in [3.05, 3.63) is 40.3 Å². The molecular weight excluding hydrogens is 496 g/mol. The van der Waals surface area contributed by atoms with Gasteiger partial charge in [-0.2, -0.15) is 0 Å². The molecule has 2 heterocycles. The smallest absolute Gasteiger partial charge is 0.265 e. The number of amides is 3. The number of carbonyl (C=O) groups excluding carboxylic acids is 3. The molecular formula is C23H26N2O8S2. The number of nitrogens with one attached hydrogen (secondary N) is 1. The summed E-state index contributed by atoms with van der Waals surface area (Å²) >= 11 is 1.05. The zero-order chi connectivity index (χ0) is 25.3. The molecule has 1 aromatic heterocycles. The van der Waals surface area contributed by atoms with Gasteiger partial charge in [-0.3, -0.25) is 19.3 Å². The number of thiophene rings is 1. The SMILES string of the molecule is CCOc1cc([C@@H](CS(=O)(=O)C2CC2)N2C(=O)c3csc(NC(=O)COC)c3C2=O)ccc1OC. The van der Waals surface area contributed by atoms with Crippen LogP contribution in [0, 0.1) is 0 Å². The summed E-state index contributed by atoms with van der Waals surface area (Å²) in [4.78, 5) is 39.9. The number of fused-ring (bicyclic) bond motifs is 1. The predicted octanol–water partition coefficient (Wildman–Crippen LogP) is 2.65.